The molecule has 82 valence electrons. The molecule has 3 nitrogen and oxygen atoms in total. The van der Waals surface area contributed by atoms with E-state index in [0.717, 1.165) is 4.68 Å². The van der Waals surface area contributed by atoms with E-state index in [1.807, 2.05) is 0 Å². The third-order valence-electron chi connectivity index (χ3n) is 1.89. The minimum absolute atomic E-state index is 0.147. The van der Waals surface area contributed by atoms with Crippen molar-refractivity contribution in [3.63, 3.8) is 0 Å². The Morgan fingerprint density at radius 3 is 2.47 bits per heavy atom. The highest BCUT2D eigenvalue weighted by molar-refractivity contribution is 6.30. The summed E-state index contributed by atoms with van der Waals surface area (Å²) in [5, 5.41) is 3.12. The van der Waals surface area contributed by atoms with Crippen molar-refractivity contribution in [2.75, 3.05) is 0 Å². The van der Waals surface area contributed by atoms with Crippen molar-refractivity contribution in [1.82, 2.24) is 9.78 Å². The molecule has 15 heavy (non-hydrogen) atoms. The van der Waals surface area contributed by atoms with Crippen LogP contribution in [0.3, 0.4) is 0 Å². The van der Waals surface area contributed by atoms with Crippen molar-refractivity contribution < 1.29 is 13.2 Å². The van der Waals surface area contributed by atoms with Crippen LogP contribution in [0.25, 0.3) is 4.85 Å². The first-order valence-corrected chi connectivity index (χ1v) is 4.33. The molecule has 0 aliphatic carbocycles. The molecule has 0 bridgehead atoms. The lowest BCUT2D eigenvalue weighted by Gasteiger charge is -2.05. The lowest BCUT2D eigenvalue weighted by Crippen LogP contribution is -2.10. The first-order chi connectivity index (χ1) is 6.79. The molecule has 1 unspecified atom stereocenters. The van der Waals surface area contributed by atoms with Gasteiger partial charge in [-0.3, -0.25) is 4.68 Å². The largest absolute Gasteiger partial charge is 0.435 e. The van der Waals surface area contributed by atoms with Crippen molar-refractivity contribution in [1.29, 1.82) is 0 Å². The molecule has 0 N–H and O–H groups in total. The van der Waals surface area contributed by atoms with Gasteiger partial charge in [0.25, 0.3) is 6.04 Å². The zero-order valence-corrected chi connectivity index (χ0v) is 8.69. The van der Waals surface area contributed by atoms with Crippen LogP contribution in [0.1, 0.15) is 24.2 Å². The monoisotopic (exact) mass is 237 g/mol. The van der Waals surface area contributed by atoms with Crippen LogP contribution >= 0.6 is 11.6 Å². The molecular formula is C8H7ClF3N3. The summed E-state index contributed by atoms with van der Waals surface area (Å²) in [6.07, 6.45) is -4.58. The quantitative estimate of drug-likeness (QED) is 0.688. The molecule has 0 aliphatic rings. The summed E-state index contributed by atoms with van der Waals surface area (Å²) in [6.45, 7) is 8.07. The van der Waals surface area contributed by atoms with Crippen molar-refractivity contribution >= 4 is 11.6 Å². The van der Waals surface area contributed by atoms with Crippen LogP contribution in [-0.4, -0.2) is 9.78 Å². The van der Waals surface area contributed by atoms with Gasteiger partial charge in [-0.2, -0.15) is 18.3 Å². The first-order valence-electron chi connectivity index (χ1n) is 3.95. The molecule has 0 spiro atoms. The summed E-state index contributed by atoms with van der Waals surface area (Å²) in [7, 11) is 1.30. The summed E-state index contributed by atoms with van der Waals surface area (Å²) in [5.41, 5.74) is -1.35. The molecular weight excluding hydrogens is 231 g/mol. The third-order valence-corrected chi connectivity index (χ3v) is 2.34. The number of alkyl halides is 3. The summed E-state index contributed by atoms with van der Waals surface area (Å²) in [4.78, 5) is 3.02. The Labute approximate surface area is 89.3 Å². The molecule has 1 atom stereocenters. The molecule has 7 heteroatoms. The number of rotatable bonds is 1. The maximum absolute atomic E-state index is 12.5. The van der Waals surface area contributed by atoms with Gasteiger partial charge < -0.3 is 4.85 Å². The highest BCUT2D eigenvalue weighted by Gasteiger charge is 2.41. The SMILES string of the molecule is [C-]#[N+]C(C)c1c(C(F)(F)F)nn(C)c1Cl. The summed E-state index contributed by atoms with van der Waals surface area (Å²) in [6, 6.07) is -0.956. The van der Waals surface area contributed by atoms with Gasteiger partial charge in [-0.15, -0.1) is 0 Å². The second-order valence-electron chi connectivity index (χ2n) is 2.98. The third kappa shape index (κ3) is 2.07. The smallest absolute Gasteiger partial charge is 0.309 e. The Hall–Kier alpha value is -1.22. The van der Waals surface area contributed by atoms with Crippen LogP contribution in [0.2, 0.25) is 5.15 Å². The average molecular weight is 238 g/mol. The Morgan fingerprint density at radius 1 is 1.53 bits per heavy atom. The van der Waals surface area contributed by atoms with Crippen molar-refractivity contribution in [2.24, 2.45) is 7.05 Å². The van der Waals surface area contributed by atoms with E-state index in [2.05, 4.69) is 9.94 Å². The van der Waals surface area contributed by atoms with Gasteiger partial charge in [0, 0.05) is 14.0 Å². The van der Waals surface area contributed by atoms with Gasteiger partial charge in [-0.05, 0) is 0 Å². The van der Waals surface area contributed by atoms with E-state index in [4.69, 9.17) is 18.2 Å². The Morgan fingerprint density at radius 2 is 2.07 bits per heavy atom. The Balaban J connectivity index is 3.42. The standard InChI is InChI=1S/C8H7ClF3N3/c1-4(13-2)5-6(8(10,11)12)14-15(3)7(5)9/h4H,1,3H3. The van der Waals surface area contributed by atoms with Crippen LogP contribution in [0.15, 0.2) is 0 Å². The van der Waals surface area contributed by atoms with E-state index in [1.165, 1.54) is 14.0 Å². The van der Waals surface area contributed by atoms with Crippen molar-refractivity contribution in [2.45, 2.75) is 19.1 Å². The van der Waals surface area contributed by atoms with E-state index in [0.29, 0.717) is 0 Å². The van der Waals surface area contributed by atoms with Gasteiger partial charge in [-0.1, -0.05) is 11.6 Å². The highest BCUT2D eigenvalue weighted by Crippen LogP contribution is 2.38. The molecule has 1 aromatic rings. The minimum atomic E-state index is -4.58. The van der Waals surface area contributed by atoms with E-state index in [-0.39, 0.29) is 10.7 Å². The molecule has 0 saturated carbocycles. The summed E-state index contributed by atoms with van der Waals surface area (Å²) >= 11 is 5.65. The second kappa shape index (κ2) is 3.74. The van der Waals surface area contributed by atoms with Gasteiger partial charge in [0.15, 0.2) is 5.69 Å². The molecule has 0 amide bonds. The van der Waals surface area contributed by atoms with E-state index in [1.54, 1.807) is 0 Å². The number of halogens is 4. The average Bonchev–Trinajstić information content (AvgIpc) is 2.42. The number of nitrogens with zero attached hydrogens (tertiary/aromatic N) is 3. The van der Waals surface area contributed by atoms with Crippen molar-refractivity contribution in [3.8, 4) is 0 Å². The normalized spacial score (nSPS) is 13.7. The van der Waals surface area contributed by atoms with Gasteiger partial charge in [0.05, 0.1) is 0 Å². The zero-order valence-electron chi connectivity index (χ0n) is 7.93. The van der Waals surface area contributed by atoms with Crippen LogP contribution in [-0.2, 0) is 13.2 Å². The fourth-order valence-electron chi connectivity index (χ4n) is 1.16. The zero-order chi connectivity index (χ0) is 11.8. The molecule has 0 aliphatic heterocycles. The van der Waals surface area contributed by atoms with Gasteiger partial charge in [0.1, 0.15) is 10.7 Å². The number of hydrogen-bond acceptors (Lipinski definition) is 1. The molecule has 1 heterocycles. The molecule has 0 fully saturated rings. The molecule has 0 saturated heterocycles. The molecule has 1 aromatic heterocycles. The van der Waals surface area contributed by atoms with E-state index < -0.39 is 17.9 Å². The highest BCUT2D eigenvalue weighted by atomic mass is 35.5. The van der Waals surface area contributed by atoms with Gasteiger partial charge >= 0.3 is 6.18 Å². The predicted octanol–water partition coefficient (Wildman–Crippen LogP) is 3.07. The maximum atomic E-state index is 12.5. The van der Waals surface area contributed by atoms with Gasteiger partial charge in [-0.25, -0.2) is 6.57 Å². The number of aryl methyl sites for hydroxylation is 1. The summed E-state index contributed by atoms with van der Waals surface area (Å²) in [5.74, 6) is 0. The fraction of sp³-hybridized carbons (Fsp3) is 0.500. The van der Waals surface area contributed by atoms with Crippen LogP contribution in [0.5, 0.6) is 0 Å². The van der Waals surface area contributed by atoms with Gasteiger partial charge in [0.2, 0.25) is 0 Å². The number of aromatic nitrogens is 2. The second-order valence-corrected chi connectivity index (χ2v) is 3.34. The minimum Gasteiger partial charge on any atom is -0.309 e. The topological polar surface area (TPSA) is 22.2 Å². The van der Waals surface area contributed by atoms with E-state index >= 15 is 0 Å². The van der Waals surface area contributed by atoms with Crippen molar-refractivity contribution in [3.05, 3.63) is 27.8 Å². The van der Waals surface area contributed by atoms with Crippen LogP contribution in [0.4, 0.5) is 13.2 Å². The maximum Gasteiger partial charge on any atom is 0.435 e. The lowest BCUT2D eigenvalue weighted by atomic mass is 10.1. The molecule has 0 aromatic carbocycles. The Kier molecular flexibility index (Phi) is 2.95. The van der Waals surface area contributed by atoms with E-state index in [9.17, 15) is 13.2 Å². The molecule has 1 rings (SSSR count). The lowest BCUT2D eigenvalue weighted by molar-refractivity contribution is -0.142. The fourth-order valence-corrected chi connectivity index (χ4v) is 1.45. The molecule has 0 radical (unpaired) electrons. The Bertz CT molecular complexity index is 416. The van der Waals surface area contributed by atoms with Crippen LogP contribution < -0.4 is 0 Å². The number of hydrogen-bond donors (Lipinski definition) is 0. The van der Waals surface area contributed by atoms with Crippen LogP contribution in [0, 0.1) is 6.57 Å². The predicted molar refractivity (Wildman–Crippen MR) is 48.2 cm³/mol. The first kappa shape index (κ1) is 11.9. The summed E-state index contributed by atoms with van der Waals surface area (Å²) < 4.78 is 38.4.